The monoisotopic (exact) mass is 235 g/mol. The van der Waals surface area contributed by atoms with Gasteiger partial charge in [-0.2, -0.15) is 5.10 Å². The van der Waals surface area contributed by atoms with Gasteiger partial charge in [0.2, 0.25) is 0 Å². The molecule has 2 N–H and O–H groups in total. The first-order valence-electron chi connectivity index (χ1n) is 6.31. The van der Waals surface area contributed by atoms with Crippen molar-refractivity contribution in [3.05, 3.63) is 11.8 Å². The van der Waals surface area contributed by atoms with E-state index in [1.165, 1.54) is 19.3 Å². The molecule has 1 amide bonds. The highest BCUT2D eigenvalue weighted by atomic mass is 16.5. The highest BCUT2D eigenvalue weighted by molar-refractivity contribution is 5.93. The third-order valence-corrected chi connectivity index (χ3v) is 3.62. The standard InChI is InChI=1S/C12H17N3O2/c16-12(10-5-2-6-17-10)13-11-7-9(14-15-11)8-3-1-4-8/h7-8,10H,1-6H2,(H2,13,14,15,16)/t10-/m1/s1. The lowest BCUT2D eigenvalue weighted by Crippen LogP contribution is -2.26. The van der Waals surface area contributed by atoms with Crippen molar-refractivity contribution in [2.75, 3.05) is 11.9 Å². The lowest BCUT2D eigenvalue weighted by atomic mass is 9.83. The molecule has 1 saturated carbocycles. The normalized spacial score (nSPS) is 24.6. The zero-order valence-corrected chi connectivity index (χ0v) is 9.74. The number of anilines is 1. The molecular weight excluding hydrogens is 218 g/mol. The SMILES string of the molecule is O=C(Nc1cc(C2CCC2)[nH]n1)[C@H]1CCCO1. The van der Waals surface area contributed by atoms with E-state index in [9.17, 15) is 4.79 Å². The molecule has 0 unspecified atom stereocenters. The van der Waals surface area contributed by atoms with Crippen molar-refractivity contribution < 1.29 is 9.53 Å². The largest absolute Gasteiger partial charge is 0.368 e. The van der Waals surface area contributed by atoms with Crippen LogP contribution in [0.3, 0.4) is 0 Å². The number of H-pyrrole nitrogens is 1. The molecule has 1 aromatic heterocycles. The molecule has 0 spiro atoms. The molecule has 0 aromatic carbocycles. The van der Waals surface area contributed by atoms with E-state index in [0.29, 0.717) is 18.3 Å². The molecule has 17 heavy (non-hydrogen) atoms. The smallest absolute Gasteiger partial charge is 0.254 e. The van der Waals surface area contributed by atoms with E-state index in [1.54, 1.807) is 0 Å². The van der Waals surface area contributed by atoms with E-state index in [-0.39, 0.29) is 12.0 Å². The minimum Gasteiger partial charge on any atom is -0.368 e. The number of nitrogens with zero attached hydrogens (tertiary/aromatic N) is 1. The second-order valence-corrected chi connectivity index (χ2v) is 4.83. The molecule has 1 aromatic rings. The molecule has 2 heterocycles. The minimum atomic E-state index is -0.293. The first-order chi connectivity index (χ1) is 8.33. The number of ether oxygens (including phenoxy) is 1. The summed E-state index contributed by atoms with van der Waals surface area (Å²) in [6.07, 6.45) is 5.22. The molecule has 5 heteroatoms. The number of aromatic nitrogens is 2. The van der Waals surface area contributed by atoms with Gasteiger partial charge in [0.1, 0.15) is 6.10 Å². The Labute approximate surface area is 99.9 Å². The molecule has 1 atom stereocenters. The van der Waals surface area contributed by atoms with Crippen LogP contribution in [0.2, 0.25) is 0 Å². The van der Waals surface area contributed by atoms with E-state index >= 15 is 0 Å². The first-order valence-corrected chi connectivity index (χ1v) is 6.31. The zero-order valence-electron chi connectivity index (χ0n) is 9.74. The van der Waals surface area contributed by atoms with Crippen molar-refractivity contribution >= 4 is 11.7 Å². The average molecular weight is 235 g/mol. The van der Waals surface area contributed by atoms with Gasteiger partial charge in [-0.25, -0.2) is 0 Å². The van der Waals surface area contributed by atoms with Gasteiger partial charge in [-0.1, -0.05) is 6.42 Å². The van der Waals surface area contributed by atoms with Crippen LogP contribution in [-0.4, -0.2) is 28.8 Å². The van der Waals surface area contributed by atoms with Crippen LogP contribution in [0.15, 0.2) is 6.07 Å². The highest BCUT2D eigenvalue weighted by Crippen LogP contribution is 2.35. The fourth-order valence-corrected chi connectivity index (χ4v) is 2.32. The van der Waals surface area contributed by atoms with Gasteiger partial charge in [0.25, 0.3) is 5.91 Å². The Bertz CT molecular complexity index is 406. The maximum atomic E-state index is 11.8. The summed E-state index contributed by atoms with van der Waals surface area (Å²) in [5, 5.41) is 9.92. The summed E-state index contributed by atoms with van der Waals surface area (Å²) in [5.41, 5.74) is 1.14. The molecule has 0 bridgehead atoms. The molecule has 1 saturated heterocycles. The number of nitrogens with one attached hydrogen (secondary N) is 2. The topological polar surface area (TPSA) is 67.0 Å². The quantitative estimate of drug-likeness (QED) is 0.839. The Kier molecular flexibility index (Phi) is 2.84. The Morgan fingerprint density at radius 2 is 2.29 bits per heavy atom. The molecular formula is C12H17N3O2. The molecule has 0 radical (unpaired) electrons. The summed E-state index contributed by atoms with van der Waals surface area (Å²) in [6, 6.07) is 1.94. The molecule has 5 nitrogen and oxygen atoms in total. The molecule has 2 aliphatic rings. The van der Waals surface area contributed by atoms with Gasteiger partial charge in [-0.15, -0.1) is 0 Å². The number of aromatic amines is 1. The Morgan fingerprint density at radius 1 is 1.41 bits per heavy atom. The molecule has 92 valence electrons. The summed E-state index contributed by atoms with van der Waals surface area (Å²) in [6.45, 7) is 0.686. The Morgan fingerprint density at radius 3 is 2.94 bits per heavy atom. The highest BCUT2D eigenvalue weighted by Gasteiger charge is 2.25. The van der Waals surface area contributed by atoms with Crippen molar-refractivity contribution in [2.45, 2.75) is 44.1 Å². The van der Waals surface area contributed by atoms with E-state index in [1.807, 2.05) is 6.07 Å². The number of carbonyl (C=O) groups excluding carboxylic acids is 1. The fourth-order valence-electron chi connectivity index (χ4n) is 2.32. The number of carbonyl (C=O) groups is 1. The van der Waals surface area contributed by atoms with Gasteiger partial charge in [-0.3, -0.25) is 9.89 Å². The third-order valence-electron chi connectivity index (χ3n) is 3.62. The van der Waals surface area contributed by atoms with E-state index in [4.69, 9.17) is 4.74 Å². The lowest BCUT2D eigenvalue weighted by Gasteiger charge is -2.23. The maximum absolute atomic E-state index is 11.8. The van der Waals surface area contributed by atoms with Crippen LogP contribution < -0.4 is 5.32 Å². The van der Waals surface area contributed by atoms with Crippen molar-refractivity contribution in [1.82, 2.24) is 10.2 Å². The van der Waals surface area contributed by atoms with E-state index in [2.05, 4.69) is 15.5 Å². The predicted octanol–water partition coefficient (Wildman–Crippen LogP) is 1.79. The van der Waals surface area contributed by atoms with Gasteiger partial charge in [0, 0.05) is 24.3 Å². The van der Waals surface area contributed by atoms with Crippen LogP contribution in [-0.2, 0) is 9.53 Å². The molecule has 3 rings (SSSR count). The van der Waals surface area contributed by atoms with Crippen LogP contribution in [0.5, 0.6) is 0 Å². The van der Waals surface area contributed by atoms with E-state index in [0.717, 1.165) is 18.5 Å². The number of hydrogen-bond acceptors (Lipinski definition) is 3. The molecule has 1 aliphatic carbocycles. The van der Waals surface area contributed by atoms with Gasteiger partial charge in [-0.05, 0) is 25.7 Å². The number of rotatable bonds is 3. The van der Waals surface area contributed by atoms with Crippen molar-refractivity contribution in [3.63, 3.8) is 0 Å². The average Bonchev–Trinajstić information content (AvgIpc) is 2.85. The second-order valence-electron chi connectivity index (χ2n) is 4.83. The summed E-state index contributed by atoms with van der Waals surface area (Å²) in [4.78, 5) is 11.8. The van der Waals surface area contributed by atoms with Gasteiger partial charge in [0.05, 0.1) is 0 Å². The van der Waals surface area contributed by atoms with Crippen LogP contribution in [0.1, 0.15) is 43.7 Å². The Hall–Kier alpha value is -1.36. The minimum absolute atomic E-state index is 0.0749. The summed E-state index contributed by atoms with van der Waals surface area (Å²) < 4.78 is 5.32. The number of amides is 1. The third kappa shape index (κ3) is 2.20. The van der Waals surface area contributed by atoms with E-state index < -0.39 is 0 Å². The van der Waals surface area contributed by atoms with Crippen LogP contribution in [0.4, 0.5) is 5.82 Å². The summed E-state index contributed by atoms with van der Waals surface area (Å²) in [5.74, 6) is 1.15. The lowest BCUT2D eigenvalue weighted by molar-refractivity contribution is -0.124. The summed E-state index contributed by atoms with van der Waals surface area (Å²) in [7, 11) is 0. The van der Waals surface area contributed by atoms with Crippen LogP contribution >= 0.6 is 0 Å². The zero-order chi connectivity index (χ0) is 11.7. The second kappa shape index (κ2) is 4.49. The van der Waals surface area contributed by atoms with Crippen LogP contribution in [0.25, 0.3) is 0 Å². The molecule has 2 fully saturated rings. The number of hydrogen-bond donors (Lipinski definition) is 2. The maximum Gasteiger partial charge on any atom is 0.254 e. The first kappa shape index (κ1) is 10.8. The van der Waals surface area contributed by atoms with Gasteiger partial charge < -0.3 is 10.1 Å². The van der Waals surface area contributed by atoms with Crippen LogP contribution in [0, 0.1) is 0 Å². The van der Waals surface area contributed by atoms with Gasteiger partial charge >= 0.3 is 0 Å². The van der Waals surface area contributed by atoms with Crippen molar-refractivity contribution in [1.29, 1.82) is 0 Å². The van der Waals surface area contributed by atoms with Crippen molar-refractivity contribution in [2.24, 2.45) is 0 Å². The fraction of sp³-hybridized carbons (Fsp3) is 0.667. The van der Waals surface area contributed by atoms with Gasteiger partial charge in [0.15, 0.2) is 5.82 Å². The Balaban J connectivity index is 1.60. The predicted molar refractivity (Wildman–Crippen MR) is 62.8 cm³/mol. The molecule has 1 aliphatic heterocycles. The summed E-state index contributed by atoms with van der Waals surface area (Å²) >= 11 is 0. The van der Waals surface area contributed by atoms with Crippen molar-refractivity contribution in [3.8, 4) is 0 Å².